The van der Waals surface area contributed by atoms with Crippen molar-refractivity contribution in [2.24, 2.45) is 7.05 Å². The molecule has 1 N–H and O–H groups in total. The molecular weight excluding hydrogens is 206 g/mol. The van der Waals surface area contributed by atoms with Crippen LogP contribution in [0.15, 0.2) is 18.2 Å². The zero-order valence-corrected chi connectivity index (χ0v) is 9.44. The predicted molar refractivity (Wildman–Crippen MR) is 61.2 cm³/mol. The molecule has 4 nitrogen and oxygen atoms in total. The number of nitrogens with zero attached hydrogens (tertiary/aromatic N) is 1. The lowest BCUT2D eigenvalue weighted by molar-refractivity contribution is 0.0686. The summed E-state index contributed by atoms with van der Waals surface area (Å²) < 4.78 is 6.90. The van der Waals surface area contributed by atoms with Crippen LogP contribution in [0, 0.1) is 6.92 Å². The second kappa shape index (κ2) is 3.56. The first-order valence-electron chi connectivity index (χ1n) is 4.93. The SMILES string of the molecule is COc1cccc2c(C)c(C(=O)O)n(C)c12. The van der Waals surface area contributed by atoms with Gasteiger partial charge < -0.3 is 14.4 Å². The molecule has 1 aromatic carbocycles. The Kier molecular flexibility index (Phi) is 2.34. The number of benzene rings is 1. The fraction of sp³-hybridized carbons (Fsp3) is 0.250. The maximum absolute atomic E-state index is 11.2. The Morgan fingerprint density at radius 2 is 2.12 bits per heavy atom. The number of carboxylic acids is 1. The van der Waals surface area contributed by atoms with Gasteiger partial charge in [0.15, 0.2) is 0 Å². The van der Waals surface area contributed by atoms with Gasteiger partial charge in [-0.15, -0.1) is 0 Å². The highest BCUT2D eigenvalue weighted by atomic mass is 16.5. The fourth-order valence-electron chi connectivity index (χ4n) is 2.13. The Morgan fingerprint density at radius 1 is 1.44 bits per heavy atom. The molecule has 2 rings (SSSR count). The summed E-state index contributed by atoms with van der Waals surface area (Å²) in [5.41, 5.74) is 1.89. The number of hydrogen-bond donors (Lipinski definition) is 1. The second-order valence-electron chi connectivity index (χ2n) is 3.69. The molecule has 0 aliphatic carbocycles. The van der Waals surface area contributed by atoms with E-state index in [-0.39, 0.29) is 0 Å². The van der Waals surface area contributed by atoms with Crippen molar-refractivity contribution in [3.8, 4) is 5.75 Å². The molecule has 1 heterocycles. The number of methoxy groups -OCH3 is 1. The van der Waals surface area contributed by atoms with Crippen LogP contribution in [0.2, 0.25) is 0 Å². The number of rotatable bonds is 2. The number of aromatic carboxylic acids is 1. The summed E-state index contributed by atoms with van der Waals surface area (Å²) in [6.45, 7) is 1.81. The van der Waals surface area contributed by atoms with Gasteiger partial charge in [0.25, 0.3) is 0 Å². The molecule has 0 saturated carbocycles. The summed E-state index contributed by atoms with van der Waals surface area (Å²) in [5.74, 6) is -0.228. The Morgan fingerprint density at radius 3 is 2.69 bits per heavy atom. The number of carboxylic acid groups (broad SMARTS) is 1. The predicted octanol–water partition coefficient (Wildman–Crippen LogP) is 2.19. The molecule has 84 valence electrons. The molecule has 0 spiro atoms. The number of para-hydroxylation sites is 1. The van der Waals surface area contributed by atoms with Crippen molar-refractivity contribution >= 4 is 16.9 Å². The van der Waals surface area contributed by atoms with Crippen molar-refractivity contribution in [2.45, 2.75) is 6.92 Å². The monoisotopic (exact) mass is 219 g/mol. The second-order valence-corrected chi connectivity index (χ2v) is 3.69. The van der Waals surface area contributed by atoms with Crippen molar-refractivity contribution in [1.82, 2.24) is 4.57 Å². The van der Waals surface area contributed by atoms with E-state index in [4.69, 9.17) is 9.84 Å². The number of hydrogen-bond acceptors (Lipinski definition) is 2. The maximum Gasteiger partial charge on any atom is 0.352 e. The van der Waals surface area contributed by atoms with E-state index in [0.29, 0.717) is 11.4 Å². The van der Waals surface area contributed by atoms with Gasteiger partial charge in [-0.05, 0) is 18.6 Å². The molecule has 0 aliphatic rings. The minimum absolute atomic E-state index is 0.305. The highest BCUT2D eigenvalue weighted by Gasteiger charge is 2.19. The molecule has 0 unspecified atom stereocenters. The van der Waals surface area contributed by atoms with Gasteiger partial charge in [-0.1, -0.05) is 12.1 Å². The van der Waals surface area contributed by atoms with Gasteiger partial charge >= 0.3 is 5.97 Å². The highest BCUT2D eigenvalue weighted by molar-refractivity contribution is 6.00. The third-order valence-corrected chi connectivity index (χ3v) is 2.85. The number of aryl methyl sites for hydroxylation is 2. The molecule has 0 bridgehead atoms. The molecule has 1 aromatic heterocycles. The zero-order chi connectivity index (χ0) is 11.9. The van der Waals surface area contributed by atoms with Crippen LogP contribution in [-0.2, 0) is 7.05 Å². The smallest absolute Gasteiger partial charge is 0.352 e. The molecule has 0 fully saturated rings. The van der Waals surface area contributed by atoms with Crippen LogP contribution >= 0.6 is 0 Å². The topological polar surface area (TPSA) is 51.5 Å². The highest BCUT2D eigenvalue weighted by Crippen LogP contribution is 2.31. The number of aromatic nitrogens is 1. The first-order valence-corrected chi connectivity index (χ1v) is 4.93. The van der Waals surface area contributed by atoms with Gasteiger partial charge in [0, 0.05) is 12.4 Å². The van der Waals surface area contributed by atoms with Crippen molar-refractivity contribution in [2.75, 3.05) is 7.11 Å². The van der Waals surface area contributed by atoms with E-state index in [2.05, 4.69) is 0 Å². The average molecular weight is 219 g/mol. The van der Waals surface area contributed by atoms with Crippen LogP contribution < -0.4 is 4.74 Å². The normalized spacial score (nSPS) is 10.7. The van der Waals surface area contributed by atoms with E-state index >= 15 is 0 Å². The van der Waals surface area contributed by atoms with Crippen LogP contribution in [0.25, 0.3) is 10.9 Å². The summed E-state index contributed by atoms with van der Waals surface area (Å²) in [5, 5.41) is 10.1. The van der Waals surface area contributed by atoms with Gasteiger partial charge in [-0.2, -0.15) is 0 Å². The molecule has 2 aromatic rings. The van der Waals surface area contributed by atoms with Crippen molar-refractivity contribution in [3.63, 3.8) is 0 Å². The number of fused-ring (bicyclic) bond motifs is 1. The van der Waals surface area contributed by atoms with E-state index in [9.17, 15) is 4.79 Å². The number of carbonyl (C=O) groups is 1. The zero-order valence-electron chi connectivity index (χ0n) is 9.44. The van der Waals surface area contributed by atoms with Crippen molar-refractivity contribution < 1.29 is 14.6 Å². The first kappa shape index (κ1) is 10.5. The fourth-order valence-corrected chi connectivity index (χ4v) is 2.13. The van der Waals surface area contributed by atoms with E-state index < -0.39 is 5.97 Å². The lowest BCUT2D eigenvalue weighted by Gasteiger charge is -2.04. The first-order chi connectivity index (χ1) is 7.57. The molecule has 0 atom stereocenters. The van der Waals surface area contributed by atoms with E-state index in [1.54, 1.807) is 18.7 Å². The van der Waals surface area contributed by atoms with Crippen LogP contribution in [0.4, 0.5) is 0 Å². The molecule has 16 heavy (non-hydrogen) atoms. The summed E-state index contributed by atoms with van der Waals surface area (Å²) in [6.07, 6.45) is 0. The summed E-state index contributed by atoms with van der Waals surface area (Å²) >= 11 is 0. The molecule has 0 saturated heterocycles. The van der Waals surface area contributed by atoms with Crippen LogP contribution in [-0.4, -0.2) is 22.8 Å². The Balaban J connectivity index is 2.93. The van der Waals surface area contributed by atoms with Crippen LogP contribution in [0.1, 0.15) is 16.1 Å². The van der Waals surface area contributed by atoms with Gasteiger partial charge in [0.05, 0.1) is 12.6 Å². The molecule has 4 heteroatoms. The number of ether oxygens (including phenoxy) is 1. The third kappa shape index (κ3) is 1.26. The Labute approximate surface area is 93.1 Å². The van der Waals surface area contributed by atoms with Gasteiger partial charge in [0.2, 0.25) is 0 Å². The Hall–Kier alpha value is -1.97. The van der Waals surface area contributed by atoms with E-state index in [1.807, 2.05) is 25.1 Å². The van der Waals surface area contributed by atoms with Gasteiger partial charge in [0.1, 0.15) is 11.4 Å². The Bertz CT molecular complexity index is 569. The minimum atomic E-state index is -0.918. The van der Waals surface area contributed by atoms with Crippen molar-refractivity contribution in [3.05, 3.63) is 29.5 Å². The van der Waals surface area contributed by atoms with Crippen LogP contribution in [0.3, 0.4) is 0 Å². The van der Waals surface area contributed by atoms with E-state index in [1.165, 1.54) is 0 Å². The van der Waals surface area contributed by atoms with Crippen LogP contribution in [0.5, 0.6) is 5.75 Å². The van der Waals surface area contributed by atoms with Gasteiger partial charge in [-0.3, -0.25) is 0 Å². The summed E-state index contributed by atoms with van der Waals surface area (Å²) in [4.78, 5) is 11.2. The largest absolute Gasteiger partial charge is 0.495 e. The average Bonchev–Trinajstić information content (AvgIpc) is 2.51. The minimum Gasteiger partial charge on any atom is -0.495 e. The quantitative estimate of drug-likeness (QED) is 0.842. The standard InChI is InChI=1S/C12H13NO3/c1-7-8-5-4-6-9(16-3)11(8)13(2)10(7)12(14)15/h4-6H,1-3H3,(H,14,15). The lowest BCUT2D eigenvalue weighted by atomic mass is 10.1. The lowest BCUT2D eigenvalue weighted by Crippen LogP contribution is -2.05. The van der Waals surface area contributed by atoms with Gasteiger partial charge in [-0.25, -0.2) is 4.79 Å². The van der Waals surface area contributed by atoms with E-state index in [0.717, 1.165) is 16.5 Å². The maximum atomic E-state index is 11.2. The molecule has 0 radical (unpaired) electrons. The summed E-state index contributed by atoms with van der Waals surface area (Å²) in [7, 11) is 3.32. The molecule has 0 aliphatic heterocycles. The third-order valence-electron chi connectivity index (χ3n) is 2.85. The molecule has 0 amide bonds. The molecular formula is C12H13NO3. The van der Waals surface area contributed by atoms with Crippen molar-refractivity contribution in [1.29, 1.82) is 0 Å². The summed E-state index contributed by atoms with van der Waals surface area (Å²) in [6, 6.07) is 5.59.